The molecular formula is C21H20O5S. The first-order chi connectivity index (χ1) is 13.0. The highest BCUT2D eigenvalue weighted by Gasteiger charge is 2.34. The fraction of sp³-hybridized carbons (Fsp3) is 0.286. The van der Waals surface area contributed by atoms with Gasteiger partial charge in [0.2, 0.25) is 0 Å². The average Bonchev–Trinajstić information content (AvgIpc) is 2.66. The number of benzene rings is 1. The summed E-state index contributed by atoms with van der Waals surface area (Å²) in [7, 11) is 0. The smallest absolute Gasteiger partial charge is 0.333 e. The fourth-order valence-electron chi connectivity index (χ4n) is 2.80. The highest BCUT2D eigenvalue weighted by molar-refractivity contribution is 8.03. The van der Waals surface area contributed by atoms with Crippen LogP contribution in [0.1, 0.15) is 18.9 Å². The maximum atomic E-state index is 12.8. The van der Waals surface area contributed by atoms with E-state index in [4.69, 9.17) is 9.47 Å². The van der Waals surface area contributed by atoms with Crippen LogP contribution in [0.4, 0.5) is 0 Å². The minimum absolute atomic E-state index is 0.0867. The molecule has 1 atom stereocenters. The van der Waals surface area contributed by atoms with Gasteiger partial charge in [0, 0.05) is 33.8 Å². The number of Topliss-reactive ketones (excluding diaryl/α,β-unsaturated/α-hetero) is 1. The number of allylic oxidation sites excluding steroid dienone is 2. The maximum absolute atomic E-state index is 12.8. The Bertz CT molecular complexity index is 865. The van der Waals surface area contributed by atoms with Crippen LogP contribution in [0.5, 0.6) is 0 Å². The van der Waals surface area contributed by atoms with E-state index in [1.165, 1.54) is 0 Å². The van der Waals surface area contributed by atoms with Crippen molar-refractivity contribution in [2.45, 2.75) is 24.7 Å². The van der Waals surface area contributed by atoms with Gasteiger partial charge in [0.05, 0.1) is 13.2 Å². The van der Waals surface area contributed by atoms with Crippen molar-refractivity contribution in [2.75, 3.05) is 13.2 Å². The summed E-state index contributed by atoms with van der Waals surface area (Å²) >= 11 is 1.55. The third-order valence-electron chi connectivity index (χ3n) is 4.25. The molecule has 1 heterocycles. The third kappa shape index (κ3) is 4.39. The number of fused-ring (bicyclic) bond motifs is 1. The molecule has 1 aromatic carbocycles. The number of ether oxygens (including phenoxy) is 2. The van der Waals surface area contributed by atoms with Gasteiger partial charge in [0.15, 0.2) is 5.78 Å². The molecule has 2 aliphatic rings. The molecule has 1 unspecified atom stereocenters. The zero-order valence-electron chi connectivity index (χ0n) is 15.0. The molecule has 0 bridgehead atoms. The van der Waals surface area contributed by atoms with E-state index in [1.54, 1.807) is 24.8 Å². The molecule has 27 heavy (non-hydrogen) atoms. The predicted octanol–water partition coefficient (Wildman–Crippen LogP) is 3.40. The maximum Gasteiger partial charge on any atom is 0.333 e. The van der Waals surface area contributed by atoms with Crippen molar-refractivity contribution in [1.82, 2.24) is 0 Å². The van der Waals surface area contributed by atoms with E-state index in [0.717, 1.165) is 15.4 Å². The van der Waals surface area contributed by atoms with Crippen LogP contribution < -0.4 is 0 Å². The number of ketones is 1. The lowest BCUT2D eigenvalue weighted by Gasteiger charge is -2.25. The molecule has 0 amide bonds. The minimum atomic E-state index is -0.910. The second-order valence-electron chi connectivity index (χ2n) is 6.37. The Labute approximate surface area is 162 Å². The van der Waals surface area contributed by atoms with Gasteiger partial charge in [-0.25, -0.2) is 4.79 Å². The molecular weight excluding hydrogens is 364 g/mol. The lowest BCUT2D eigenvalue weighted by atomic mass is 9.88. The zero-order chi connectivity index (χ0) is 19.4. The van der Waals surface area contributed by atoms with Crippen LogP contribution in [0.2, 0.25) is 0 Å². The molecule has 140 valence electrons. The van der Waals surface area contributed by atoms with Crippen LogP contribution in [0.15, 0.2) is 63.9 Å². The lowest BCUT2D eigenvalue weighted by Crippen LogP contribution is -2.30. The normalized spacial score (nSPS) is 17.8. The van der Waals surface area contributed by atoms with Gasteiger partial charge in [-0.2, -0.15) is 0 Å². The number of hydrogen-bond acceptors (Lipinski definition) is 6. The number of carbonyl (C=O) groups excluding carboxylic acids is 3. The van der Waals surface area contributed by atoms with Gasteiger partial charge < -0.3 is 9.47 Å². The Morgan fingerprint density at radius 2 is 1.96 bits per heavy atom. The van der Waals surface area contributed by atoms with Crippen molar-refractivity contribution in [2.24, 2.45) is 5.92 Å². The Morgan fingerprint density at radius 1 is 1.22 bits per heavy atom. The predicted molar refractivity (Wildman–Crippen MR) is 102 cm³/mol. The Morgan fingerprint density at radius 3 is 2.74 bits per heavy atom. The van der Waals surface area contributed by atoms with E-state index in [-0.39, 0.29) is 19.0 Å². The van der Waals surface area contributed by atoms with E-state index < -0.39 is 17.9 Å². The highest BCUT2D eigenvalue weighted by atomic mass is 32.2. The Hall–Kier alpha value is -2.60. The number of rotatable bonds is 6. The monoisotopic (exact) mass is 384 g/mol. The van der Waals surface area contributed by atoms with Gasteiger partial charge >= 0.3 is 11.9 Å². The van der Waals surface area contributed by atoms with Gasteiger partial charge in [-0.3, -0.25) is 9.59 Å². The van der Waals surface area contributed by atoms with Crippen molar-refractivity contribution < 1.29 is 23.9 Å². The van der Waals surface area contributed by atoms with E-state index in [9.17, 15) is 14.4 Å². The molecule has 1 aliphatic carbocycles. The van der Waals surface area contributed by atoms with Gasteiger partial charge in [-0.05, 0) is 18.6 Å². The van der Waals surface area contributed by atoms with Crippen molar-refractivity contribution in [3.8, 4) is 0 Å². The SMILES string of the molecule is C=C(C)C(=O)OCCCOC(=O)C1C=CC2=C(Cc3ccccc3S2)C1=O. The number of thioether (sulfide) groups is 1. The van der Waals surface area contributed by atoms with Crippen LogP contribution in [-0.4, -0.2) is 30.9 Å². The summed E-state index contributed by atoms with van der Waals surface area (Å²) < 4.78 is 10.1. The highest BCUT2D eigenvalue weighted by Crippen LogP contribution is 2.42. The first-order valence-electron chi connectivity index (χ1n) is 8.68. The van der Waals surface area contributed by atoms with E-state index in [2.05, 4.69) is 6.58 Å². The molecule has 0 N–H and O–H groups in total. The zero-order valence-corrected chi connectivity index (χ0v) is 15.8. The van der Waals surface area contributed by atoms with Crippen LogP contribution in [0, 0.1) is 5.92 Å². The molecule has 0 fully saturated rings. The topological polar surface area (TPSA) is 69.7 Å². The van der Waals surface area contributed by atoms with Crippen molar-refractivity contribution in [1.29, 1.82) is 0 Å². The fourth-order valence-corrected chi connectivity index (χ4v) is 3.90. The number of hydrogen-bond donors (Lipinski definition) is 0. The molecule has 5 nitrogen and oxygen atoms in total. The Kier molecular flexibility index (Phi) is 5.96. The number of carbonyl (C=O) groups is 3. The summed E-state index contributed by atoms with van der Waals surface area (Å²) in [5, 5.41) is 0. The summed E-state index contributed by atoms with van der Waals surface area (Å²) in [5.74, 6) is -2.15. The summed E-state index contributed by atoms with van der Waals surface area (Å²) in [6, 6.07) is 7.94. The van der Waals surface area contributed by atoms with Crippen molar-refractivity contribution >= 4 is 29.5 Å². The average molecular weight is 384 g/mol. The van der Waals surface area contributed by atoms with Crippen molar-refractivity contribution in [3.05, 3.63) is 64.6 Å². The van der Waals surface area contributed by atoms with Gasteiger partial charge in [0.25, 0.3) is 0 Å². The molecule has 1 aliphatic heterocycles. The van der Waals surface area contributed by atoms with Crippen LogP contribution in [0.3, 0.4) is 0 Å². The molecule has 0 radical (unpaired) electrons. The molecule has 0 aromatic heterocycles. The van der Waals surface area contributed by atoms with Gasteiger partial charge in [0.1, 0.15) is 5.92 Å². The van der Waals surface area contributed by atoms with E-state index in [1.807, 2.05) is 30.3 Å². The van der Waals surface area contributed by atoms with Gasteiger partial charge in [-0.1, -0.05) is 48.7 Å². The van der Waals surface area contributed by atoms with Gasteiger partial charge in [-0.15, -0.1) is 0 Å². The van der Waals surface area contributed by atoms with Crippen LogP contribution >= 0.6 is 11.8 Å². The number of esters is 2. The second-order valence-corrected chi connectivity index (χ2v) is 7.45. The molecule has 0 saturated carbocycles. The van der Waals surface area contributed by atoms with Crippen LogP contribution in [-0.2, 0) is 30.3 Å². The van der Waals surface area contributed by atoms with E-state index >= 15 is 0 Å². The Balaban J connectivity index is 1.52. The first-order valence-corrected chi connectivity index (χ1v) is 9.49. The quantitative estimate of drug-likeness (QED) is 0.324. The summed E-state index contributed by atoms with van der Waals surface area (Å²) in [6.45, 7) is 5.27. The summed E-state index contributed by atoms with van der Waals surface area (Å²) in [5.41, 5.74) is 2.08. The second kappa shape index (κ2) is 8.39. The molecule has 0 spiro atoms. The standard InChI is InChI=1S/C21H20O5S/c1-13(2)20(23)25-10-5-11-26-21(24)15-8-9-18-16(19(15)22)12-14-6-3-4-7-17(14)27-18/h3-4,6-9,15H,1,5,10-12H2,2H3. The third-order valence-corrected chi connectivity index (χ3v) is 5.47. The van der Waals surface area contributed by atoms with E-state index in [0.29, 0.717) is 24.0 Å². The molecule has 6 heteroatoms. The largest absolute Gasteiger partial charge is 0.465 e. The lowest BCUT2D eigenvalue weighted by molar-refractivity contribution is -0.149. The first kappa shape index (κ1) is 19.2. The summed E-state index contributed by atoms with van der Waals surface area (Å²) in [6.07, 6.45) is 4.33. The molecule has 1 aromatic rings. The molecule has 3 rings (SSSR count). The minimum Gasteiger partial charge on any atom is -0.465 e. The van der Waals surface area contributed by atoms with Crippen molar-refractivity contribution in [3.63, 3.8) is 0 Å². The molecule has 0 saturated heterocycles. The van der Waals surface area contributed by atoms with Crippen LogP contribution in [0.25, 0.3) is 0 Å². The summed E-state index contributed by atoms with van der Waals surface area (Å²) in [4.78, 5) is 38.3.